The number of benzene rings is 1. The number of amides is 3. The molecular weight excluding hydrogens is 464 g/mol. The largest absolute Gasteiger partial charge is 0.508 e. The Balaban J connectivity index is 3.09. The Kier molecular flexibility index (Phi) is 12.4. The first-order valence-corrected chi connectivity index (χ1v) is 12.2. The second-order valence-corrected chi connectivity index (χ2v) is 9.12. The van der Waals surface area contributed by atoms with E-state index in [4.69, 9.17) is 10.8 Å². The minimum atomic E-state index is -1.24. The summed E-state index contributed by atoms with van der Waals surface area (Å²) < 4.78 is 0. The van der Waals surface area contributed by atoms with Crippen molar-refractivity contribution in [3.8, 4) is 5.75 Å². The van der Waals surface area contributed by atoms with Crippen LogP contribution in [0.15, 0.2) is 24.3 Å². The minimum Gasteiger partial charge on any atom is -0.508 e. The van der Waals surface area contributed by atoms with Gasteiger partial charge in [0.05, 0.1) is 6.61 Å². The van der Waals surface area contributed by atoms with Crippen LogP contribution >= 0.6 is 11.8 Å². The van der Waals surface area contributed by atoms with E-state index in [0.29, 0.717) is 11.3 Å². The number of hydrogen-bond donors (Lipinski definition) is 7. The molecule has 0 spiro atoms. The maximum Gasteiger partial charge on any atom is 0.326 e. The highest BCUT2D eigenvalue weighted by molar-refractivity contribution is 7.98. The number of carboxylic acid groups (broad SMARTS) is 1. The summed E-state index contributed by atoms with van der Waals surface area (Å²) in [7, 11) is 0. The number of aromatic hydroxyl groups is 1. The summed E-state index contributed by atoms with van der Waals surface area (Å²) in [5.74, 6) is -3.09. The van der Waals surface area contributed by atoms with Crippen molar-refractivity contribution < 1.29 is 34.5 Å². The lowest BCUT2D eigenvalue weighted by atomic mass is 10.0. The number of phenols is 1. The molecule has 0 fully saturated rings. The molecule has 1 aromatic carbocycles. The predicted molar refractivity (Wildman–Crippen MR) is 128 cm³/mol. The first-order valence-electron chi connectivity index (χ1n) is 10.8. The Morgan fingerprint density at radius 1 is 0.971 bits per heavy atom. The summed E-state index contributed by atoms with van der Waals surface area (Å²) in [6.45, 7) is 2.69. The van der Waals surface area contributed by atoms with E-state index in [2.05, 4.69) is 16.0 Å². The number of thioether (sulfide) groups is 1. The van der Waals surface area contributed by atoms with Gasteiger partial charge in [0.25, 0.3) is 0 Å². The molecule has 8 N–H and O–H groups in total. The van der Waals surface area contributed by atoms with E-state index in [0.717, 1.165) is 0 Å². The Morgan fingerprint density at radius 2 is 1.53 bits per heavy atom. The van der Waals surface area contributed by atoms with Crippen molar-refractivity contribution in [2.24, 2.45) is 11.7 Å². The first-order chi connectivity index (χ1) is 16.0. The smallest absolute Gasteiger partial charge is 0.326 e. The van der Waals surface area contributed by atoms with Gasteiger partial charge in [-0.05, 0) is 42.0 Å². The molecule has 4 unspecified atom stereocenters. The Labute approximate surface area is 202 Å². The van der Waals surface area contributed by atoms with Crippen LogP contribution in [0.4, 0.5) is 0 Å². The molecule has 11 nitrogen and oxygen atoms in total. The standard InChI is InChI=1S/C22H34N4O7S/c1-12(2)18(22(32)33)26-20(30)16(8-9-34-3)24-21(31)17(25-19(29)15(23)11-27)10-13-4-6-14(28)7-5-13/h4-7,12,15-18,27-28H,8-11,23H2,1-3H3,(H,24,31)(H,25,29)(H,26,30)(H,32,33). The highest BCUT2D eigenvalue weighted by Gasteiger charge is 2.31. The predicted octanol–water partition coefficient (Wildman–Crippen LogP) is -0.798. The molecule has 0 bridgehead atoms. The van der Waals surface area contributed by atoms with E-state index >= 15 is 0 Å². The third kappa shape index (κ3) is 9.57. The molecule has 0 saturated heterocycles. The third-order valence-electron chi connectivity index (χ3n) is 5.02. The summed E-state index contributed by atoms with van der Waals surface area (Å²) in [5, 5.41) is 35.5. The second-order valence-electron chi connectivity index (χ2n) is 8.13. The van der Waals surface area contributed by atoms with Crippen LogP contribution in [0.25, 0.3) is 0 Å². The van der Waals surface area contributed by atoms with Gasteiger partial charge in [0.2, 0.25) is 17.7 Å². The maximum atomic E-state index is 13.1. The van der Waals surface area contributed by atoms with Gasteiger partial charge >= 0.3 is 5.97 Å². The van der Waals surface area contributed by atoms with Crippen LogP contribution in [-0.4, -0.2) is 81.8 Å². The van der Waals surface area contributed by atoms with Crippen molar-refractivity contribution in [2.45, 2.75) is 50.9 Å². The fraction of sp³-hybridized carbons (Fsp3) is 0.545. The molecule has 0 aliphatic carbocycles. The van der Waals surface area contributed by atoms with Crippen LogP contribution in [0.1, 0.15) is 25.8 Å². The van der Waals surface area contributed by atoms with Crippen molar-refractivity contribution in [2.75, 3.05) is 18.6 Å². The quantitative estimate of drug-likeness (QED) is 0.172. The van der Waals surface area contributed by atoms with Crippen LogP contribution in [0.3, 0.4) is 0 Å². The molecule has 1 rings (SSSR count). The molecule has 34 heavy (non-hydrogen) atoms. The monoisotopic (exact) mass is 498 g/mol. The number of rotatable bonds is 14. The highest BCUT2D eigenvalue weighted by Crippen LogP contribution is 2.12. The van der Waals surface area contributed by atoms with E-state index in [1.165, 1.54) is 23.9 Å². The third-order valence-corrected chi connectivity index (χ3v) is 5.66. The number of carboxylic acids is 1. The number of phenolic OH excluding ortho intramolecular Hbond substituents is 1. The lowest BCUT2D eigenvalue weighted by Crippen LogP contribution is -2.58. The molecular formula is C22H34N4O7S. The molecule has 0 radical (unpaired) electrons. The maximum absolute atomic E-state index is 13.1. The number of nitrogens with two attached hydrogens (primary N) is 1. The zero-order chi connectivity index (χ0) is 25.8. The lowest BCUT2D eigenvalue weighted by molar-refractivity contribution is -0.143. The number of carbonyl (C=O) groups excluding carboxylic acids is 3. The zero-order valence-corrected chi connectivity index (χ0v) is 20.3. The van der Waals surface area contributed by atoms with Gasteiger partial charge in [-0.1, -0.05) is 26.0 Å². The number of carbonyl (C=O) groups is 4. The summed E-state index contributed by atoms with van der Waals surface area (Å²) in [4.78, 5) is 49.7. The van der Waals surface area contributed by atoms with E-state index in [-0.39, 0.29) is 24.5 Å². The van der Waals surface area contributed by atoms with E-state index < -0.39 is 54.5 Å². The van der Waals surface area contributed by atoms with Gasteiger partial charge in [-0.15, -0.1) is 0 Å². The number of aliphatic carboxylic acids is 1. The van der Waals surface area contributed by atoms with Crippen LogP contribution in [-0.2, 0) is 25.6 Å². The normalized spacial score (nSPS) is 14.5. The van der Waals surface area contributed by atoms with E-state index in [1.54, 1.807) is 26.0 Å². The van der Waals surface area contributed by atoms with Crippen molar-refractivity contribution in [1.82, 2.24) is 16.0 Å². The molecule has 0 aliphatic rings. The molecule has 0 heterocycles. The van der Waals surface area contributed by atoms with Crippen molar-refractivity contribution >= 4 is 35.5 Å². The lowest BCUT2D eigenvalue weighted by Gasteiger charge is -2.26. The molecule has 0 saturated carbocycles. The summed E-state index contributed by atoms with van der Waals surface area (Å²) in [6, 6.07) is 1.46. The van der Waals surface area contributed by atoms with Crippen molar-refractivity contribution in [1.29, 1.82) is 0 Å². The molecule has 3 amide bonds. The summed E-state index contributed by atoms with van der Waals surface area (Å²) in [5.41, 5.74) is 6.17. The number of hydrogen-bond acceptors (Lipinski definition) is 8. The zero-order valence-electron chi connectivity index (χ0n) is 19.5. The van der Waals surface area contributed by atoms with Crippen LogP contribution < -0.4 is 21.7 Å². The molecule has 190 valence electrons. The minimum absolute atomic E-state index is 0.0244. The number of aliphatic hydroxyl groups is 1. The van der Waals surface area contributed by atoms with Gasteiger partial charge in [0.15, 0.2) is 0 Å². The first kappa shape index (κ1) is 29.2. The highest BCUT2D eigenvalue weighted by atomic mass is 32.2. The fourth-order valence-corrected chi connectivity index (χ4v) is 3.45. The SMILES string of the molecule is CSCCC(NC(=O)C(Cc1ccc(O)cc1)NC(=O)C(N)CO)C(=O)NC(C(=O)O)C(C)C. The topological polar surface area (TPSA) is 191 Å². The van der Waals surface area contributed by atoms with Crippen LogP contribution in [0.5, 0.6) is 5.75 Å². The number of nitrogens with one attached hydrogen (secondary N) is 3. The van der Waals surface area contributed by atoms with E-state index in [1.807, 2.05) is 6.26 Å². The second kappa shape index (κ2) is 14.4. The van der Waals surface area contributed by atoms with Gasteiger partial charge < -0.3 is 37.0 Å². The Bertz CT molecular complexity index is 835. The van der Waals surface area contributed by atoms with Gasteiger partial charge in [-0.25, -0.2) is 4.79 Å². The van der Waals surface area contributed by atoms with Gasteiger partial charge in [0, 0.05) is 6.42 Å². The van der Waals surface area contributed by atoms with E-state index in [9.17, 15) is 29.4 Å². The van der Waals surface area contributed by atoms with Gasteiger partial charge in [-0.3, -0.25) is 14.4 Å². The Hall–Kier alpha value is -2.83. The van der Waals surface area contributed by atoms with Crippen molar-refractivity contribution in [3.05, 3.63) is 29.8 Å². The van der Waals surface area contributed by atoms with Crippen LogP contribution in [0.2, 0.25) is 0 Å². The molecule has 12 heteroatoms. The van der Waals surface area contributed by atoms with Gasteiger partial charge in [0.1, 0.15) is 29.9 Å². The summed E-state index contributed by atoms with van der Waals surface area (Å²) >= 11 is 1.45. The Morgan fingerprint density at radius 3 is 2.03 bits per heavy atom. The molecule has 0 aliphatic heterocycles. The van der Waals surface area contributed by atoms with Crippen molar-refractivity contribution in [3.63, 3.8) is 0 Å². The molecule has 1 aromatic rings. The fourth-order valence-electron chi connectivity index (χ4n) is 2.98. The average molecular weight is 499 g/mol. The van der Waals surface area contributed by atoms with Gasteiger partial charge in [-0.2, -0.15) is 11.8 Å². The number of aliphatic hydroxyl groups excluding tert-OH is 1. The molecule has 0 aromatic heterocycles. The van der Waals surface area contributed by atoms with Crippen LogP contribution in [0, 0.1) is 5.92 Å². The molecule has 4 atom stereocenters. The average Bonchev–Trinajstić information content (AvgIpc) is 2.79. The summed E-state index contributed by atoms with van der Waals surface area (Å²) in [6.07, 6.45) is 2.09.